The SMILES string of the molecule is CC(N1C(=O)c2ccccc2C1=O)[P+](c1ccc(Cl)cc1)(c1ccc(Cl)cc1)c1ccc(Cl)cc1. The number of halogens is 3. The molecule has 1 unspecified atom stereocenters. The molecule has 0 bridgehead atoms. The van der Waals surface area contributed by atoms with Gasteiger partial charge in [0.25, 0.3) is 11.8 Å². The monoisotopic (exact) mass is 538 g/mol. The molecule has 174 valence electrons. The zero-order valence-corrected chi connectivity index (χ0v) is 21.8. The zero-order chi connectivity index (χ0) is 24.7. The summed E-state index contributed by atoms with van der Waals surface area (Å²) in [6.07, 6.45) is 0. The number of benzene rings is 4. The lowest BCUT2D eigenvalue weighted by Gasteiger charge is -2.36. The van der Waals surface area contributed by atoms with E-state index in [9.17, 15) is 9.59 Å². The van der Waals surface area contributed by atoms with E-state index in [1.165, 1.54) is 4.90 Å². The Hall–Kier alpha value is -2.68. The van der Waals surface area contributed by atoms with Crippen LogP contribution in [0.3, 0.4) is 0 Å². The number of amides is 2. The molecule has 0 saturated heterocycles. The molecule has 0 fully saturated rings. The average molecular weight is 540 g/mol. The molecule has 1 atom stereocenters. The van der Waals surface area contributed by atoms with E-state index in [-0.39, 0.29) is 11.8 Å². The van der Waals surface area contributed by atoms with Crippen LogP contribution in [-0.2, 0) is 0 Å². The highest BCUT2D eigenvalue weighted by atomic mass is 35.5. The van der Waals surface area contributed by atoms with Gasteiger partial charge >= 0.3 is 0 Å². The number of carbonyl (C=O) groups excluding carboxylic acids is 2. The normalized spacial score (nSPS) is 14.2. The number of hydrogen-bond donors (Lipinski definition) is 0. The molecule has 3 nitrogen and oxygen atoms in total. The highest BCUT2D eigenvalue weighted by molar-refractivity contribution is 7.96. The van der Waals surface area contributed by atoms with Gasteiger partial charge in [0, 0.05) is 15.1 Å². The maximum absolute atomic E-state index is 13.6. The van der Waals surface area contributed by atoms with Crippen LogP contribution in [0, 0.1) is 0 Å². The van der Waals surface area contributed by atoms with E-state index >= 15 is 0 Å². The molecule has 0 saturated carbocycles. The summed E-state index contributed by atoms with van der Waals surface area (Å²) in [4.78, 5) is 28.6. The maximum atomic E-state index is 13.6. The smallest absolute Gasteiger partial charge is 0.264 e. The summed E-state index contributed by atoms with van der Waals surface area (Å²) in [5.41, 5.74) is 0.844. The van der Waals surface area contributed by atoms with Crippen LogP contribution < -0.4 is 15.9 Å². The number of carbonyl (C=O) groups is 2. The standard InChI is InChI=1S/C28H20Cl3NO2P/c1-18(32-27(33)25-4-2-3-5-26(25)28(32)34)35(22-12-6-19(29)7-13-22,23-14-8-20(30)9-15-23)24-16-10-21(31)11-17-24/h2-18H,1H3/q+1. The van der Waals surface area contributed by atoms with Crippen molar-refractivity contribution in [2.75, 3.05) is 0 Å². The number of nitrogens with zero attached hydrogens (tertiary/aromatic N) is 1. The first-order chi connectivity index (χ1) is 16.8. The van der Waals surface area contributed by atoms with E-state index in [0.717, 1.165) is 15.9 Å². The Morgan fingerprint density at radius 1 is 0.571 bits per heavy atom. The predicted molar refractivity (Wildman–Crippen MR) is 147 cm³/mol. The number of rotatable bonds is 5. The number of imide groups is 1. The molecule has 7 heteroatoms. The second-order valence-electron chi connectivity index (χ2n) is 8.31. The molecule has 0 spiro atoms. The van der Waals surface area contributed by atoms with Crippen LogP contribution >= 0.6 is 42.1 Å². The van der Waals surface area contributed by atoms with Crippen LogP contribution in [-0.4, -0.2) is 22.5 Å². The van der Waals surface area contributed by atoms with Gasteiger partial charge in [0.05, 0.1) is 11.1 Å². The maximum Gasteiger partial charge on any atom is 0.264 e. The Balaban J connectivity index is 1.81. The van der Waals surface area contributed by atoms with Gasteiger partial charge in [-0.25, -0.2) is 4.90 Å². The van der Waals surface area contributed by atoms with Gasteiger partial charge in [0.2, 0.25) is 0 Å². The molecular formula is C28H20Cl3NO2P+. The first-order valence-corrected chi connectivity index (χ1v) is 14.0. The van der Waals surface area contributed by atoms with Crippen LogP contribution in [0.1, 0.15) is 27.6 Å². The van der Waals surface area contributed by atoms with E-state index in [1.807, 2.05) is 79.7 Å². The molecule has 4 aromatic rings. The molecule has 0 radical (unpaired) electrons. The molecule has 5 rings (SSSR count). The van der Waals surface area contributed by atoms with Crippen LogP contribution in [0.4, 0.5) is 0 Å². The van der Waals surface area contributed by atoms with E-state index in [2.05, 4.69) is 0 Å². The zero-order valence-electron chi connectivity index (χ0n) is 18.7. The third kappa shape index (κ3) is 3.97. The van der Waals surface area contributed by atoms with Crippen molar-refractivity contribution in [3.63, 3.8) is 0 Å². The summed E-state index contributed by atoms with van der Waals surface area (Å²) >= 11 is 18.8. The third-order valence-electron chi connectivity index (χ3n) is 6.46. The van der Waals surface area contributed by atoms with Crippen molar-refractivity contribution in [2.24, 2.45) is 0 Å². The van der Waals surface area contributed by atoms with E-state index in [4.69, 9.17) is 34.8 Å². The van der Waals surface area contributed by atoms with E-state index < -0.39 is 13.0 Å². The van der Waals surface area contributed by atoms with Crippen molar-refractivity contribution >= 4 is 69.8 Å². The first kappa shape index (κ1) is 24.0. The molecule has 0 N–H and O–H groups in total. The Bertz CT molecular complexity index is 1270. The molecule has 35 heavy (non-hydrogen) atoms. The Labute approximate surface area is 219 Å². The lowest BCUT2D eigenvalue weighted by Crippen LogP contribution is -2.48. The molecule has 0 aliphatic carbocycles. The second-order valence-corrected chi connectivity index (χ2v) is 13.4. The summed E-state index contributed by atoms with van der Waals surface area (Å²) in [5.74, 6) is -1.09. The summed E-state index contributed by atoms with van der Waals surface area (Å²) in [6.45, 7) is 1.95. The second kappa shape index (κ2) is 9.41. The van der Waals surface area contributed by atoms with Gasteiger partial charge in [-0.3, -0.25) is 9.59 Å². The van der Waals surface area contributed by atoms with E-state index in [1.54, 1.807) is 24.3 Å². The van der Waals surface area contributed by atoms with Crippen molar-refractivity contribution < 1.29 is 9.59 Å². The minimum Gasteiger partial charge on any atom is -0.268 e. The minimum absolute atomic E-state index is 0.292. The fourth-order valence-corrected chi connectivity index (χ4v) is 9.82. The molecule has 1 aliphatic heterocycles. The average Bonchev–Trinajstić information content (AvgIpc) is 3.12. The van der Waals surface area contributed by atoms with Gasteiger partial charge in [-0.2, -0.15) is 0 Å². The summed E-state index contributed by atoms with van der Waals surface area (Å²) in [5, 5.41) is 4.76. The van der Waals surface area contributed by atoms with E-state index in [0.29, 0.717) is 26.2 Å². The predicted octanol–water partition coefficient (Wildman–Crippen LogP) is 6.58. The molecule has 4 aromatic carbocycles. The largest absolute Gasteiger partial charge is 0.268 e. The highest BCUT2D eigenvalue weighted by Gasteiger charge is 2.57. The Morgan fingerprint density at radius 3 is 1.20 bits per heavy atom. The van der Waals surface area contributed by atoms with Gasteiger partial charge in [0.15, 0.2) is 5.78 Å². The van der Waals surface area contributed by atoms with Crippen LogP contribution in [0.15, 0.2) is 97.1 Å². The molecule has 2 amide bonds. The number of fused-ring (bicyclic) bond motifs is 1. The molecule has 1 heterocycles. The van der Waals surface area contributed by atoms with Crippen molar-refractivity contribution in [3.8, 4) is 0 Å². The Kier molecular flexibility index (Phi) is 6.46. The fourth-order valence-electron chi connectivity index (χ4n) is 4.84. The highest BCUT2D eigenvalue weighted by Crippen LogP contribution is 2.61. The molecule has 1 aliphatic rings. The molecular weight excluding hydrogens is 520 g/mol. The minimum atomic E-state index is -2.65. The van der Waals surface area contributed by atoms with Gasteiger partial charge < -0.3 is 0 Å². The first-order valence-electron chi connectivity index (χ1n) is 11.0. The fraction of sp³-hybridized carbons (Fsp3) is 0.0714. The molecule has 0 aromatic heterocycles. The summed E-state index contributed by atoms with van der Waals surface area (Å²) < 4.78 is 0. The van der Waals surface area contributed by atoms with Crippen LogP contribution in [0.2, 0.25) is 15.1 Å². The van der Waals surface area contributed by atoms with Crippen molar-refractivity contribution in [2.45, 2.75) is 12.7 Å². The van der Waals surface area contributed by atoms with Gasteiger partial charge in [-0.15, -0.1) is 0 Å². The quantitative estimate of drug-likeness (QED) is 0.212. The van der Waals surface area contributed by atoms with Crippen molar-refractivity contribution in [1.29, 1.82) is 0 Å². The van der Waals surface area contributed by atoms with Gasteiger partial charge in [0.1, 0.15) is 23.2 Å². The van der Waals surface area contributed by atoms with Crippen molar-refractivity contribution in [3.05, 3.63) is 123 Å². The summed E-state index contributed by atoms with van der Waals surface area (Å²) in [7, 11) is -2.65. The number of hydrogen-bond acceptors (Lipinski definition) is 2. The topological polar surface area (TPSA) is 37.4 Å². The third-order valence-corrected chi connectivity index (χ3v) is 11.9. The van der Waals surface area contributed by atoms with Gasteiger partial charge in [-0.1, -0.05) is 46.9 Å². The van der Waals surface area contributed by atoms with Crippen LogP contribution in [0.5, 0.6) is 0 Å². The van der Waals surface area contributed by atoms with Gasteiger partial charge in [-0.05, 0) is 91.9 Å². The van der Waals surface area contributed by atoms with Crippen LogP contribution in [0.25, 0.3) is 0 Å². The van der Waals surface area contributed by atoms with Crippen molar-refractivity contribution in [1.82, 2.24) is 4.90 Å². The lowest BCUT2D eigenvalue weighted by molar-refractivity contribution is 0.0643. The lowest BCUT2D eigenvalue weighted by atomic mass is 10.1. The Morgan fingerprint density at radius 2 is 0.886 bits per heavy atom. The summed E-state index contributed by atoms with van der Waals surface area (Å²) in [6, 6.07) is 29.9.